The normalized spacial score (nSPS) is 21.2. The summed E-state index contributed by atoms with van der Waals surface area (Å²) >= 11 is 3.60. The molecular weight excluding hydrogens is 266 g/mol. The van der Waals surface area contributed by atoms with Crippen molar-refractivity contribution in [2.75, 3.05) is 16.8 Å². The third-order valence-electron chi connectivity index (χ3n) is 3.13. The van der Waals surface area contributed by atoms with Crippen LogP contribution in [0.1, 0.15) is 30.7 Å². The quantitative estimate of drug-likeness (QED) is 0.782. The predicted octanol–water partition coefficient (Wildman–Crippen LogP) is 2.85. The van der Waals surface area contributed by atoms with E-state index in [1.165, 1.54) is 19.3 Å². The number of halogens is 1. The first-order chi connectivity index (χ1) is 7.72. The Labute approximate surface area is 105 Å². The van der Waals surface area contributed by atoms with E-state index in [2.05, 4.69) is 30.8 Å². The molecule has 0 radical (unpaired) electrons. The van der Waals surface area contributed by atoms with Crippen molar-refractivity contribution in [3.05, 3.63) is 17.6 Å². The summed E-state index contributed by atoms with van der Waals surface area (Å²) in [5, 5.41) is 1.02. The van der Waals surface area contributed by atoms with Gasteiger partial charge >= 0.3 is 0 Å². The van der Waals surface area contributed by atoms with Crippen LogP contribution in [-0.2, 0) is 0 Å². The van der Waals surface area contributed by atoms with Crippen molar-refractivity contribution in [3.63, 3.8) is 0 Å². The van der Waals surface area contributed by atoms with Crippen molar-refractivity contribution < 1.29 is 0 Å². The Morgan fingerprint density at radius 2 is 2.25 bits per heavy atom. The first kappa shape index (κ1) is 11.8. The van der Waals surface area contributed by atoms with E-state index in [9.17, 15) is 0 Å². The van der Waals surface area contributed by atoms with Gasteiger partial charge in [0.1, 0.15) is 0 Å². The SMILES string of the molecule is Cc1cnc(C)c(N2CCCCC2CBr)n1. The van der Waals surface area contributed by atoms with E-state index in [4.69, 9.17) is 0 Å². The average Bonchev–Trinajstić information content (AvgIpc) is 2.32. The van der Waals surface area contributed by atoms with Crippen molar-refractivity contribution in [2.45, 2.75) is 39.2 Å². The molecule has 4 heteroatoms. The second kappa shape index (κ2) is 5.13. The Hall–Kier alpha value is -0.640. The molecule has 1 unspecified atom stereocenters. The van der Waals surface area contributed by atoms with Gasteiger partial charge in [-0.2, -0.15) is 0 Å². The highest BCUT2D eigenvalue weighted by Gasteiger charge is 2.24. The van der Waals surface area contributed by atoms with E-state index in [-0.39, 0.29) is 0 Å². The van der Waals surface area contributed by atoms with Crippen LogP contribution in [0, 0.1) is 13.8 Å². The average molecular weight is 284 g/mol. The second-order valence-electron chi connectivity index (χ2n) is 4.42. The maximum Gasteiger partial charge on any atom is 0.150 e. The molecule has 88 valence electrons. The highest BCUT2D eigenvalue weighted by atomic mass is 79.9. The number of aryl methyl sites for hydroxylation is 2. The largest absolute Gasteiger partial charge is 0.351 e. The van der Waals surface area contributed by atoms with Crippen molar-refractivity contribution >= 4 is 21.7 Å². The molecule has 1 saturated heterocycles. The highest BCUT2D eigenvalue weighted by molar-refractivity contribution is 9.09. The monoisotopic (exact) mass is 283 g/mol. The van der Waals surface area contributed by atoms with Crippen molar-refractivity contribution in [1.82, 2.24) is 9.97 Å². The number of hydrogen-bond acceptors (Lipinski definition) is 3. The molecule has 0 amide bonds. The number of piperidine rings is 1. The molecule has 0 saturated carbocycles. The third kappa shape index (κ3) is 2.37. The van der Waals surface area contributed by atoms with Crippen LogP contribution in [0.4, 0.5) is 5.82 Å². The van der Waals surface area contributed by atoms with Gasteiger partial charge in [-0.05, 0) is 33.1 Å². The van der Waals surface area contributed by atoms with Gasteiger partial charge in [0.2, 0.25) is 0 Å². The lowest BCUT2D eigenvalue weighted by molar-refractivity contribution is 0.486. The molecule has 16 heavy (non-hydrogen) atoms. The highest BCUT2D eigenvalue weighted by Crippen LogP contribution is 2.26. The zero-order valence-electron chi connectivity index (χ0n) is 9.91. The van der Waals surface area contributed by atoms with Gasteiger partial charge in [0.05, 0.1) is 11.4 Å². The lowest BCUT2D eigenvalue weighted by Gasteiger charge is -2.36. The molecule has 2 heterocycles. The molecule has 0 bridgehead atoms. The van der Waals surface area contributed by atoms with E-state index in [0.717, 1.165) is 29.1 Å². The summed E-state index contributed by atoms with van der Waals surface area (Å²) in [6.07, 6.45) is 5.68. The minimum atomic E-state index is 0.573. The lowest BCUT2D eigenvalue weighted by Crippen LogP contribution is -2.41. The van der Waals surface area contributed by atoms with Crippen LogP contribution in [0.3, 0.4) is 0 Å². The zero-order chi connectivity index (χ0) is 11.5. The van der Waals surface area contributed by atoms with E-state index >= 15 is 0 Å². The third-order valence-corrected chi connectivity index (χ3v) is 3.88. The van der Waals surface area contributed by atoms with E-state index < -0.39 is 0 Å². The Morgan fingerprint density at radius 3 is 3.00 bits per heavy atom. The Morgan fingerprint density at radius 1 is 1.44 bits per heavy atom. The van der Waals surface area contributed by atoms with Gasteiger partial charge in [0.15, 0.2) is 5.82 Å². The van der Waals surface area contributed by atoms with Gasteiger partial charge in [-0.1, -0.05) is 15.9 Å². The molecule has 1 aliphatic rings. The molecule has 3 nitrogen and oxygen atoms in total. The number of rotatable bonds is 2. The smallest absolute Gasteiger partial charge is 0.150 e. The summed E-state index contributed by atoms with van der Waals surface area (Å²) in [4.78, 5) is 11.5. The molecule has 1 aromatic rings. The fourth-order valence-electron chi connectivity index (χ4n) is 2.24. The molecule has 1 aliphatic heterocycles. The molecule has 1 aromatic heterocycles. The first-order valence-corrected chi connectivity index (χ1v) is 6.97. The van der Waals surface area contributed by atoms with Crippen LogP contribution in [-0.4, -0.2) is 27.9 Å². The second-order valence-corrected chi connectivity index (χ2v) is 5.07. The van der Waals surface area contributed by atoms with Crippen LogP contribution in [0.5, 0.6) is 0 Å². The molecule has 0 N–H and O–H groups in total. The molecule has 1 atom stereocenters. The first-order valence-electron chi connectivity index (χ1n) is 5.85. The van der Waals surface area contributed by atoms with Crippen LogP contribution in [0.2, 0.25) is 0 Å². The maximum atomic E-state index is 4.64. The summed E-state index contributed by atoms with van der Waals surface area (Å²) in [6, 6.07) is 0.573. The van der Waals surface area contributed by atoms with Gasteiger partial charge in [-0.15, -0.1) is 0 Å². The van der Waals surface area contributed by atoms with Gasteiger partial charge < -0.3 is 4.90 Å². The maximum absolute atomic E-state index is 4.64. The molecular formula is C12H18BrN3. The molecule has 2 rings (SSSR count). The molecule has 0 spiro atoms. The van der Waals surface area contributed by atoms with Crippen LogP contribution in [0.15, 0.2) is 6.20 Å². The van der Waals surface area contributed by atoms with Gasteiger partial charge in [-0.3, -0.25) is 4.98 Å². The van der Waals surface area contributed by atoms with Crippen molar-refractivity contribution in [3.8, 4) is 0 Å². The number of aromatic nitrogens is 2. The molecule has 0 aromatic carbocycles. The number of nitrogens with zero attached hydrogens (tertiary/aromatic N) is 3. The van der Waals surface area contributed by atoms with Crippen molar-refractivity contribution in [2.24, 2.45) is 0 Å². The summed E-state index contributed by atoms with van der Waals surface area (Å²) < 4.78 is 0. The minimum Gasteiger partial charge on any atom is -0.351 e. The summed E-state index contributed by atoms with van der Waals surface area (Å²) in [6.45, 7) is 5.15. The minimum absolute atomic E-state index is 0.573. The Kier molecular flexibility index (Phi) is 3.79. The predicted molar refractivity (Wildman–Crippen MR) is 70.3 cm³/mol. The van der Waals surface area contributed by atoms with Gasteiger partial charge in [0, 0.05) is 24.1 Å². The fourth-order valence-corrected chi connectivity index (χ4v) is 2.91. The van der Waals surface area contributed by atoms with E-state index in [1.54, 1.807) is 0 Å². The van der Waals surface area contributed by atoms with Gasteiger partial charge in [0.25, 0.3) is 0 Å². The molecule has 1 fully saturated rings. The standard InChI is InChI=1S/C12H18BrN3/c1-9-8-14-10(2)12(15-9)16-6-4-3-5-11(16)7-13/h8,11H,3-7H2,1-2H3. The van der Waals surface area contributed by atoms with E-state index in [0.29, 0.717) is 6.04 Å². The zero-order valence-corrected chi connectivity index (χ0v) is 11.5. The van der Waals surface area contributed by atoms with Crippen LogP contribution in [0.25, 0.3) is 0 Å². The van der Waals surface area contributed by atoms with Crippen LogP contribution >= 0.6 is 15.9 Å². The lowest BCUT2D eigenvalue weighted by atomic mass is 10.0. The van der Waals surface area contributed by atoms with E-state index in [1.807, 2.05) is 20.0 Å². The topological polar surface area (TPSA) is 29.0 Å². The van der Waals surface area contributed by atoms with Crippen molar-refractivity contribution in [1.29, 1.82) is 0 Å². The number of hydrogen-bond donors (Lipinski definition) is 0. The Balaban J connectivity index is 2.30. The molecule has 0 aliphatic carbocycles. The van der Waals surface area contributed by atoms with Gasteiger partial charge in [-0.25, -0.2) is 4.98 Å². The number of alkyl halides is 1. The summed E-state index contributed by atoms with van der Waals surface area (Å²) in [5.74, 6) is 1.07. The number of anilines is 1. The fraction of sp³-hybridized carbons (Fsp3) is 0.667. The Bertz CT molecular complexity index is 367. The van der Waals surface area contributed by atoms with Crippen LogP contribution < -0.4 is 4.90 Å². The summed E-state index contributed by atoms with van der Waals surface area (Å²) in [5.41, 5.74) is 2.04. The summed E-state index contributed by atoms with van der Waals surface area (Å²) in [7, 11) is 0.